The third kappa shape index (κ3) is 8.85. The highest BCUT2D eigenvalue weighted by Crippen LogP contribution is 2.44. The lowest BCUT2D eigenvalue weighted by Gasteiger charge is -2.24. The number of hydrogen-bond acceptors (Lipinski definition) is 5. The molecular formula is C35H46N4O2S. The van der Waals surface area contributed by atoms with Crippen molar-refractivity contribution in [3.63, 3.8) is 0 Å². The largest absolute Gasteiger partial charge is 0.487 e. The molecule has 4 aromatic rings. The number of pyridine rings is 1. The van der Waals surface area contributed by atoms with Crippen LogP contribution in [0.3, 0.4) is 0 Å². The highest BCUT2D eigenvalue weighted by Gasteiger charge is 2.26. The van der Waals surface area contributed by atoms with Gasteiger partial charge < -0.3 is 19.5 Å². The van der Waals surface area contributed by atoms with E-state index in [2.05, 4.69) is 91.6 Å². The number of likely N-dealkylation sites (N-methyl/N-ethyl adjacent to an activating group) is 1. The van der Waals surface area contributed by atoms with Gasteiger partial charge in [-0.1, -0.05) is 59.7 Å². The Morgan fingerprint density at radius 1 is 1.00 bits per heavy atom. The summed E-state index contributed by atoms with van der Waals surface area (Å²) in [5.74, 6) is 0.804. The summed E-state index contributed by atoms with van der Waals surface area (Å²) in [4.78, 5) is 20.4. The van der Waals surface area contributed by atoms with Crippen LogP contribution in [0.25, 0.3) is 10.9 Å². The molecule has 0 saturated heterocycles. The maximum atomic E-state index is 12.6. The van der Waals surface area contributed by atoms with Crippen molar-refractivity contribution in [1.29, 1.82) is 0 Å². The first-order valence-corrected chi connectivity index (χ1v) is 15.5. The molecule has 2 heterocycles. The molecule has 7 heteroatoms. The van der Waals surface area contributed by atoms with Crippen LogP contribution in [0.4, 0.5) is 0 Å². The second kappa shape index (κ2) is 13.3. The van der Waals surface area contributed by atoms with E-state index in [9.17, 15) is 4.79 Å². The van der Waals surface area contributed by atoms with Crippen molar-refractivity contribution in [2.45, 2.75) is 70.8 Å². The number of ether oxygens (including phenoxy) is 1. The quantitative estimate of drug-likeness (QED) is 0.185. The van der Waals surface area contributed by atoms with Crippen molar-refractivity contribution < 1.29 is 9.53 Å². The van der Waals surface area contributed by atoms with E-state index >= 15 is 0 Å². The molecule has 0 fully saturated rings. The van der Waals surface area contributed by atoms with Crippen LogP contribution >= 0.6 is 11.8 Å². The number of thioether (sulfide) groups is 1. The monoisotopic (exact) mass is 586 g/mol. The maximum absolute atomic E-state index is 12.6. The van der Waals surface area contributed by atoms with Crippen LogP contribution in [0, 0.1) is 5.41 Å². The fourth-order valence-corrected chi connectivity index (χ4v) is 5.99. The maximum Gasteiger partial charge on any atom is 0.251 e. The Hall–Kier alpha value is -3.29. The van der Waals surface area contributed by atoms with Crippen molar-refractivity contribution in [3.05, 3.63) is 89.4 Å². The Balaban J connectivity index is 1.70. The lowest BCUT2D eigenvalue weighted by molar-refractivity contribution is 0.0951. The molecule has 0 atom stereocenters. The Morgan fingerprint density at radius 2 is 1.74 bits per heavy atom. The summed E-state index contributed by atoms with van der Waals surface area (Å²) in [6.07, 6.45) is 2.74. The highest BCUT2D eigenvalue weighted by molar-refractivity contribution is 8.00. The van der Waals surface area contributed by atoms with Gasteiger partial charge in [-0.15, -0.1) is 11.8 Å². The van der Waals surface area contributed by atoms with Gasteiger partial charge in [-0.25, -0.2) is 0 Å². The Bertz CT molecular complexity index is 1480. The highest BCUT2D eigenvalue weighted by atomic mass is 32.2. The number of fused-ring (bicyclic) bond motifs is 1. The summed E-state index contributed by atoms with van der Waals surface area (Å²) in [6, 6.07) is 20.3. The lowest BCUT2D eigenvalue weighted by Crippen LogP contribution is -2.31. The number of hydrogen-bond donors (Lipinski definition) is 1. The summed E-state index contributed by atoms with van der Waals surface area (Å²) < 4.78 is 8.71. The summed E-state index contributed by atoms with van der Waals surface area (Å²) in [5, 5.41) is 4.22. The SMILES string of the molecule is CN(C)CCNC(=O)c1ccc(Cn2c(CC(C)(C)C)c(SC(C)(C)C)c3cc(OCc4ccccn4)ccc32)cc1. The second-order valence-electron chi connectivity index (χ2n) is 13.4. The lowest BCUT2D eigenvalue weighted by atomic mass is 9.90. The molecule has 0 saturated carbocycles. The summed E-state index contributed by atoms with van der Waals surface area (Å²) in [7, 11) is 4.00. The molecule has 0 spiro atoms. The number of carbonyl (C=O) groups is 1. The minimum Gasteiger partial charge on any atom is -0.487 e. The second-order valence-corrected chi connectivity index (χ2v) is 15.2. The van der Waals surface area contributed by atoms with E-state index in [0.29, 0.717) is 18.7 Å². The fraction of sp³-hybridized carbons (Fsp3) is 0.429. The topological polar surface area (TPSA) is 59.4 Å². The van der Waals surface area contributed by atoms with Crippen LogP contribution in [-0.4, -0.2) is 52.3 Å². The number of nitrogens with zero attached hydrogens (tertiary/aromatic N) is 3. The molecule has 0 aliphatic carbocycles. The van der Waals surface area contributed by atoms with Crippen LogP contribution in [0.15, 0.2) is 71.8 Å². The number of amides is 1. The zero-order valence-corrected chi connectivity index (χ0v) is 27.3. The van der Waals surface area contributed by atoms with Crippen molar-refractivity contribution in [1.82, 2.24) is 19.8 Å². The molecule has 0 aliphatic heterocycles. The number of nitrogens with one attached hydrogen (secondary N) is 1. The number of aromatic nitrogens is 2. The summed E-state index contributed by atoms with van der Waals surface area (Å²) >= 11 is 1.92. The number of rotatable bonds is 11. The van der Waals surface area contributed by atoms with Gasteiger partial charge >= 0.3 is 0 Å². The third-order valence-corrected chi connectivity index (χ3v) is 7.98. The first kappa shape index (κ1) is 31.6. The Labute approximate surface area is 255 Å². The molecule has 0 bridgehead atoms. The Morgan fingerprint density at radius 3 is 2.36 bits per heavy atom. The number of benzene rings is 2. The van der Waals surface area contributed by atoms with Crippen LogP contribution in [0.1, 0.15) is 68.9 Å². The molecule has 4 rings (SSSR count). The van der Waals surface area contributed by atoms with E-state index < -0.39 is 0 Å². The van der Waals surface area contributed by atoms with E-state index in [-0.39, 0.29) is 16.1 Å². The van der Waals surface area contributed by atoms with E-state index in [1.807, 2.05) is 56.2 Å². The zero-order chi connectivity index (χ0) is 30.5. The van der Waals surface area contributed by atoms with E-state index in [4.69, 9.17) is 4.74 Å². The van der Waals surface area contributed by atoms with E-state index in [1.54, 1.807) is 6.20 Å². The van der Waals surface area contributed by atoms with Crippen molar-refractivity contribution >= 4 is 28.6 Å². The fourth-order valence-electron chi connectivity index (χ4n) is 4.80. The third-order valence-electron chi connectivity index (χ3n) is 6.71. The number of carbonyl (C=O) groups excluding carboxylic acids is 1. The first-order valence-electron chi connectivity index (χ1n) is 14.7. The summed E-state index contributed by atoms with van der Waals surface area (Å²) in [6.45, 7) is 16.3. The van der Waals surface area contributed by atoms with Gasteiger partial charge in [0.1, 0.15) is 12.4 Å². The van der Waals surface area contributed by atoms with Crippen molar-refractivity contribution in [2.75, 3.05) is 27.2 Å². The van der Waals surface area contributed by atoms with Crippen molar-refractivity contribution in [3.8, 4) is 5.75 Å². The Kier molecular flexibility index (Phi) is 10.1. The normalized spacial score (nSPS) is 12.2. The molecule has 2 aromatic carbocycles. The predicted molar refractivity (Wildman–Crippen MR) is 176 cm³/mol. The van der Waals surface area contributed by atoms with Gasteiger partial charge in [0, 0.05) is 57.6 Å². The van der Waals surface area contributed by atoms with Gasteiger partial charge in [-0.3, -0.25) is 9.78 Å². The van der Waals surface area contributed by atoms with Crippen LogP contribution < -0.4 is 10.1 Å². The summed E-state index contributed by atoms with van der Waals surface area (Å²) in [5.41, 5.74) is 5.38. The van der Waals surface area contributed by atoms with Gasteiger partial charge in [-0.05, 0) is 74.0 Å². The molecule has 224 valence electrons. The predicted octanol–water partition coefficient (Wildman–Crippen LogP) is 7.43. The molecule has 0 aliphatic rings. The van der Waals surface area contributed by atoms with Gasteiger partial charge in [0.15, 0.2) is 0 Å². The van der Waals surface area contributed by atoms with Gasteiger partial charge in [-0.2, -0.15) is 0 Å². The first-order chi connectivity index (χ1) is 19.8. The van der Waals surface area contributed by atoms with Crippen LogP contribution in [-0.2, 0) is 19.6 Å². The van der Waals surface area contributed by atoms with Crippen LogP contribution in [0.2, 0.25) is 0 Å². The average molecular weight is 587 g/mol. The van der Waals surface area contributed by atoms with E-state index in [0.717, 1.165) is 36.5 Å². The molecule has 2 aromatic heterocycles. The van der Waals surface area contributed by atoms with Gasteiger partial charge in [0.05, 0.1) is 5.69 Å². The average Bonchev–Trinajstić information content (AvgIpc) is 3.17. The minimum absolute atomic E-state index is 0.0367. The molecule has 1 N–H and O–H groups in total. The zero-order valence-electron chi connectivity index (χ0n) is 26.5. The molecular weight excluding hydrogens is 540 g/mol. The van der Waals surface area contributed by atoms with Crippen LogP contribution in [0.5, 0.6) is 5.75 Å². The van der Waals surface area contributed by atoms with E-state index in [1.165, 1.54) is 21.5 Å². The van der Waals surface area contributed by atoms with Gasteiger partial charge in [0.25, 0.3) is 5.91 Å². The molecule has 1 amide bonds. The molecule has 0 unspecified atom stereocenters. The molecule has 42 heavy (non-hydrogen) atoms. The standard InChI is InChI=1S/C35H46N4O2S/c1-34(2,3)22-31-32(42-35(4,5)6)29-21-28(41-24-27-11-9-10-18-36-27)16-17-30(29)39(31)23-25-12-14-26(15-13-25)33(40)37-19-20-38(7)8/h9-18,21H,19-20,22-24H2,1-8H3,(H,37,40). The minimum atomic E-state index is -0.0367. The van der Waals surface area contributed by atoms with Gasteiger partial charge in [0.2, 0.25) is 0 Å². The molecule has 6 nitrogen and oxygen atoms in total. The van der Waals surface area contributed by atoms with Crippen molar-refractivity contribution in [2.24, 2.45) is 5.41 Å². The smallest absolute Gasteiger partial charge is 0.251 e. The molecule has 0 radical (unpaired) electrons.